The molecule has 20 heavy (non-hydrogen) atoms. The quantitative estimate of drug-likeness (QED) is 0.902. The van der Waals surface area contributed by atoms with Gasteiger partial charge >= 0.3 is 6.03 Å². The number of rotatable bonds is 2. The van der Waals surface area contributed by atoms with Crippen LogP contribution in [0.25, 0.3) is 0 Å². The highest BCUT2D eigenvalue weighted by atomic mass is 19.1. The smallest absolute Gasteiger partial charge is 0.317 e. The largest absolute Gasteiger partial charge is 0.334 e. The number of nitrogens with one attached hydrogen (secondary N) is 1. The first-order valence-electron chi connectivity index (χ1n) is 6.77. The highest BCUT2D eigenvalue weighted by molar-refractivity contribution is 5.74. The van der Waals surface area contributed by atoms with Crippen molar-refractivity contribution < 1.29 is 9.18 Å². The molecule has 5 heteroatoms. The van der Waals surface area contributed by atoms with E-state index in [-0.39, 0.29) is 17.8 Å². The fourth-order valence-corrected chi connectivity index (χ4v) is 2.30. The molecule has 0 bridgehead atoms. The molecule has 1 atom stereocenters. The second kappa shape index (κ2) is 6.38. The third-order valence-corrected chi connectivity index (χ3v) is 3.57. The van der Waals surface area contributed by atoms with E-state index >= 15 is 0 Å². The fraction of sp³-hybridized carbons (Fsp3) is 0.467. The lowest BCUT2D eigenvalue weighted by molar-refractivity contribution is 0.176. The molecular formula is C15H18FN3O. The van der Waals surface area contributed by atoms with E-state index in [2.05, 4.69) is 11.4 Å². The van der Waals surface area contributed by atoms with Crippen molar-refractivity contribution in [2.24, 2.45) is 5.92 Å². The minimum Gasteiger partial charge on any atom is -0.334 e. The third kappa shape index (κ3) is 3.47. The van der Waals surface area contributed by atoms with E-state index in [1.54, 1.807) is 24.0 Å². The Balaban J connectivity index is 1.88. The number of hydrogen-bond donors (Lipinski definition) is 1. The van der Waals surface area contributed by atoms with Gasteiger partial charge in [-0.15, -0.1) is 0 Å². The van der Waals surface area contributed by atoms with Crippen molar-refractivity contribution in [3.8, 4) is 6.07 Å². The first-order valence-corrected chi connectivity index (χ1v) is 6.77. The molecule has 1 aromatic rings. The standard InChI is InChI=1S/C15H18FN3O/c1-11-4-5-12(7-14(11)16)9-18-15(20)19-6-2-3-13(8-17)10-19/h4-5,7,13H,2-3,6,9-10H2,1H3,(H,18,20)/t13-/m1/s1. The molecular weight excluding hydrogens is 257 g/mol. The van der Waals surface area contributed by atoms with Crippen LogP contribution in [-0.4, -0.2) is 24.0 Å². The summed E-state index contributed by atoms with van der Waals surface area (Å²) in [6.07, 6.45) is 1.70. The lowest BCUT2D eigenvalue weighted by atomic mass is 10.0. The average molecular weight is 275 g/mol. The number of nitrogens with zero attached hydrogens (tertiary/aromatic N) is 2. The van der Waals surface area contributed by atoms with Gasteiger partial charge in [0, 0.05) is 19.6 Å². The fourth-order valence-electron chi connectivity index (χ4n) is 2.30. The number of nitriles is 1. The van der Waals surface area contributed by atoms with Crippen molar-refractivity contribution in [1.82, 2.24) is 10.2 Å². The highest BCUT2D eigenvalue weighted by Gasteiger charge is 2.23. The zero-order valence-corrected chi connectivity index (χ0v) is 11.5. The first kappa shape index (κ1) is 14.3. The van der Waals surface area contributed by atoms with Crippen molar-refractivity contribution in [3.05, 3.63) is 35.1 Å². The zero-order valence-electron chi connectivity index (χ0n) is 11.5. The molecule has 0 unspecified atom stereocenters. The minimum atomic E-state index is -0.265. The van der Waals surface area contributed by atoms with Crippen molar-refractivity contribution in [3.63, 3.8) is 0 Å². The van der Waals surface area contributed by atoms with Gasteiger partial charge in [0.25, 0.3) is 0 Å². The van der Waals surface area contributed by atoms with E-state index in [0.29, 0.717) is 25.2 Å². The van der Waals surface area contributed by atoms with Gasteiger partial charge in [-0.1, -0.05) is 12.1 Å². The van der Waals surface area contributed by atoms with E-state index in [9.17, 15) is 9.18 Å². The van der Waals surface area contributed by atoms with Gasteiger partial charge in [0.1, 0.15) is 5.82 Å². The number of hydrogen-bond acceptors (Lipinski definition) is 2. The third-order valence-electron chi connectivity index (χ3n) is 3.57. The number of carbonyl (C=O) groups excluding carboxylic acids is 1. The van der Waals surface area contributed by atoms with Crippen LogP contribution in [0.15, 0.2) is 18.2 Å². The van der Waals surface area contributed by atoms with Gasteiger partial charge < -0.3 is 10.2 Å². The summed E-state index contributed by atoms with van der Waals surface area (Å²) in [5.74, 6) is -0.342. The molecule has 1 saturated heterocycles. The van der Waals surface area contributed by atoms with Crippen LogP contribution in [-0.2, 0) is 6.54 Å². The van der Waals surface area contributed by atoms with E-state index in [1.807, 2.05) is 0 Å². The molecule has 1 heterocycles. The Morgan fingerprint density at radius 3 is 3.10 bits per heavy atom. The summed E-state index contributed by atoms with van der Waals surface area (Å²) in [6.45, 7) is 3.15. The summed E-state index contributed by atoms with van der Waals surface area (Å²) in [4.78, 5) is 13.7. The van der Waals surface area contributed by atoms with Crippen LogP contribution in [0.2, 0.25) is 0 Å². The van der Waals surface area contributed by atoms with E-state index in [0.717, 1.165) is 18.4 Å². The van der Waals surface area contributed by atoms with Gasteiger partial charge in [-0.2, -0.15) is 5.26 Å². The Morgan fingerprint density at radius 2 is 2.40 bits per heavy atom. The van der Waals surface area contributed by atoms with Gasteiger partial charge in [-0.25, -0.2) is 9.18 Å². The first-order chi connectivity index (χ1) is 9.60. The number of likely N-dealkylation sites (tertiary alicyclic amines) is 1. The zero-order chi connectivity index (χ0) is 14.5. The number of aryl methyl sites for hydroxylation is 1. The van der Waals surface area contributed by atoms with Crippen molar-refractivity contribution in [2.75, 3.05) is 13.1 Å². The molecule has 0 spiro atoms. The molecule has 1 aliphatic rings. The van der Waals surface area contributed by atoms with E-state index < -0.39 is 0 Å². The lowest BCUT2D eigenvalue weighted by Gasteiger charge is -2.29. The number of urea groups is 1. The Kier molecular flexibility index (Phi) is 4.57. The highest BCUT2D eigenvalue weighted by Crippen LogP contribution is 2.15. The Morgan fingerprint density at radius 1 is 1.60 bits per heavy atom. The monoisotopic (exact) mass is 275 g/mol. The van der Waals surface area contributed by atoms with Gasteiger partial charge in [0.2, 0.25) is 0 Å². The Labute approximate surface area is 118 Å². The number of amides is 2. The lowest BCUT2D eigenvalue weighted by Crippen LogP contribution is -2.45. The van der Waals surface area contributed by atoms with Crippen LogP contribution in [0.1, 0.15) is 24.0 Å². The van der Waals surface area contributed by atoms with Gasteiger partial charge in [0.15, 0.2) is 0 Å². The molecule has 0 aromatic heterocycles. The molecule has 4 nitrogen and oxygen atoms in total. The molecule has 0 radical (unpaired) electrons. The molecule has 106 valence electrons. The van der Waals surface area contributed by atoms with Crippen LogP contribution >= 0.6 is 0 Å². The van der Waals surface area contributed by atoms with Crippen LogP contribution in [0.5, 0.6) is 0 Å². The van der Waals surface area contributed by atoms with Crippen LogP contribution < -0.4 is 5.32 Å². The molecule has 2 rings (SSSR count). The normalized spacial score (nSPS) is 18.4. The number of carbonyl (C=O) groups is 1. The number of piperidine rings is 1. The summed E-state index contributed by atoms with van der Waals surface area (Å²) in [5, 5.41) is 11.7. The summed E-state index contributed by atoms with van der Waals surface area (Å²) in [5.41, 5.74) is 1.32. The Bertz CT molecular complexity index is 538. The van der Waals surface area contributed by atoms with Crippen LogP contribution in [0, 0.1) is 30.0 Å². The molecule has 1 N–H and O–H groups in total. The summed E-state index contributed by atoms with van der Waals surface area (Å²) in [6, 6.07) is 6.95. The summed E-state index contributed by atoms with van der Waals surface area (Å²) < 4.78 is 13.4. The van der Waals surface area contributed by atoms with Crippen molar-refractivity contribution in [1.29, 1.82) is 5.26 Å². The van der Waals surface area contributed by atoms with Crippen molar-refractivity contribution >= 4 is 6.03 Å². The van der Waals surface area contributed by atoms with E-state index in [4.69, 9.17) is 5.26 Å². The second-order valence-corrected chi connectivity index (χ2v) is 5.16. The molecule has 0 aliphatic carbocycles. The maximum absolute atomic E-state index is 13.4. The second-order valence-electron chi connectivity index (χ2n) is 5.16. The maximum atomic E-state index is 13.4. The van der Waals surface area contributed by atoms with Gasteiger partial charge in [-0.3, -0.25) is 0 Å². The minimum absolute atomic E-state index is 0.0775. The van der Waals surface area contributed by atoms with Crippen LogP contribution in [0.3, 0.4) is 0 Å². The van der Waals surface area contributed by atoms with Gasteiger partial charge in [-0.05, 0) is 37.0 Å². The topological polar surface area (TPSA) is 56.1 Å². The number of benzene rings is 1. The molecule has 1 fully saturated rings. The number of halogens is 1. The van der Waals surface area contributed by atoms with E-state index in [1.165, 1.54) is 6.07 Å². The summed E-state index contributed by atoms with van der Waals surface area (Å²) >= 11 is 0. The predicted molar refractivity (Wildman–Crippen MR) is 73.3 cm³/mol. The molecule has 1 aromatic carbocycles. The summed E-state index contributed by atoms with van der Waals surface area (Å²) in [7, 11) is 0. The SMILES string of the molecule is Cc1ccc(CNC(=O)N2CCC[C@H](C#N)C2)cc1F. The molecule has 0 saturated carbocycles. The molecule has 1 aliphatic heterocycles. The maximum Gasteiger partial charge on any atom is 0.317 e. The predicted octanol–water partition coefficient (Wildman–Crippen LogP) is 2.58. The Hall–Kier alpha value is -2.09. The molecule has 2 amide bonds. The average Bonchev–Trinajstić information content (AvgIpc) is 2.48. The van der Waals surface area contributed by atoms with Crippen LogP contribution in [0.4, 0.5) is 9.18 Å². The van der Waals surface area contributed by atoms with Crippen molar-refractivity contribution in [2.45, 2.75) is 26.3 Å². The van der Waals surface area contributed by atoms with Gasteiger partial charge in [0.05, 0.1) is 12.0 Å².